The van der Waals surface area contributed by atoms with E-state index in [1.54, 1.807) is 0 Å². The van der Waals surface area contributed by atoms with Crippen molar-refractivity contribution in [3.05, 3.63) is 35.4 Å². The molecular formula is C17H29N3. The largest absolute Gasteiger partial charge is 0.323 e. The average molecular weight is 275 g/mol. The van der Waals surface area contributed by atoms with Crippen LogP contribution >= 0.6 is 0 Å². The highest BCUT2D eigenvalue weighted by Gasteiger charge is 2.29. The van der Waals surface area contributed by atoms with Crippen LogP contribution in [0.2, 0.25) is 0 Å². The summed E-state index contributed by atoms with van der Waals surface area (Å²) >= 11 is 0. The highest BCUT2D eigenvalue weighted by Crippen LogP contribution is 2.22. The standard InChI is InChI=1S/C17H29N3/c1-5-15-6-8-16(9-7-15)17(18)14(3)20-11-10-19(4)12-13(20)2/h6-9,13-14,17H,5,10-12,18H2,1-4H3. The zero-order valence-corrected chi connectivity index (χ0v) is 13.3. The maximum atomic E-state index is 6.50. The summed E-state index contributed by atoms with van der Waals surface area (Å²) in [5.74, 6) is 0. The van der Waals surface area contributed by atoms with Crippen molar-refractivity contribution < 1.29 is 0 Å². The maximum absolute atomic E-state index is 6.50. The number of likely N-dealkylation sites (N-methyl/N-ethyl adjacent to an activating group) is 1. The number of hydrogen-bond donors (Lipinski definition) is 1. The van der Waals surface area contributed by atoms with E-state index >= 15 is 0 Å². The molecule has 0 amide bonds. The van der Waals surface area contributed by atoms with Gasteiger partial charge in [-0.15, -0.1) is 0 Å². The van der Waals surface area contributed by atoms with Crippen LogP contribution in [0.25, 0.3) is 0 Å². The number of rotatable bonds is 4. The van der Waals surface area contributed by atoms with Crippen molar-refractivity contribution in [2.45, 2.75) is 45.3 Å². The summed E-state index contributed by atoms with van der Waals surface area (Å²) in [6, 6.07) is 9.84. The Bertz CT molecular complexity index is 415. The van der Waals surface area contributed by atoms with E-state index in [9.17, 15) is 0 Å². The number of aryl methyl sites for hydroxylation is 1. The van der Waals surface area contributed by atoms with E-state index in [1.165, 1.54) is 11.1 Å². The minimum atomic E-state index is 0.0896. The summed E-state index contributed by atoms with van der Waals surface area (Å²) < 4.78 is 0. The van der Waals surface area contributed by atoms with Crippen molar-refractivity contribution in [2.75, 3.05) is 26.7 Å². The van der Waals surface area contributed by atoms with Gasteiger partial charge in [0, 0.05) is 37.8 Å². The first-order valence-electron chi connectivity index (χ1n) is 7.81. The molecule has 0 radical (unpaired) electrons. The molecule has 1 aliphatic rings. The molecule has 0 saturated carbocycles. The molecule has 0 spiro atoms. The molecule has 0 aromatic heterocycles. The molecule has 1 fully saturated rings. The monoisotopic (exact) mass is 275 g/mol. The molecule has 3 nitrogen and oxygen atoms in total. The van der Waals surface area contributed by atoms with Gasteiger partial charge < -0.3 is 10.6 Å². The lowest BCUT2D eigenvalue weighted by Crippen LogP contribution is -2.55. The van der Waals surface area contributed by atoms with Gasteiger partial charge in [-0.05, 0) is 38.4 Å². The third kappa shape index (κ3) is 3.40. The van der Waals surface area contributed by atoms with Crippen LogP contribution in [0, 0.1) is 0 Å². The molecule has 1 aliphatic heterocycles. The van der Waals surface area contributed by atoms with E-state index in [-0.39, 0.29) is 6.04 Å². The average Bonchev–Trinajstić information content (AvgIpc) is 2.46. The van der Waals surface area contributed by atoms with Gasteiger partial charge >= 0.3 is 0 Å². The molecule has 3 heteroatoms. The molecule has 3 atom stereocenters. The van der Waals surface area contributed by atoms with Crippen molar-refractivity contribution in [2.24, 2.45) is 5.73 Å². The Morgan fingerprint density at radius 3 is 2.45 bits per heavy atom. The first-order valence-corrected chi connectivity index (χ1v) is 7.81. The van der Waals surface area contributed by atoms with Gasteiger partial charge in [0.2, 0.25) is 0 Å². The molecule has 20 heavy (non-hydrogen) atoms. The normalized spacial score (nSPS) is 24.6. The highest BCUT2D eigenvalue weighted by molar-refractivity contribution is 5.25. The minimum absolute atomic E-state index is 0.0896. The summed E-state index contributed by atoms with van der Waals surface area (Å²) in [6.45, 7) is 10.1. The summed E-state index contributed by atoms with van der Waals surface area (Å²) in [7, 11) is 2.20. The molecule has 3 unspecified atom stereocenters. The maximum Gasteiger partial charge on any atom is 0.0450 e. The summed E-state index contributed by atoms with van der Waals surface area (Å²) in [5.41, 5.74) is 9.13. The van der Waals surface area contributed by atoms with Gasteiger partial charge in [-0.3, -0.25) is 4.90 Å². The van der Waals surface area contributed by atoms with Gasteiger partial charge in [0.15, 0.2) is 0 Å². The third-order valence-electron chi connectivity index (χ3n) is 4.70. The van der Waals surface area contributed by atoms with Crippen molar-refractivity contribution in [3.8, 4) is 0 Å². The van der Waals surface area contributed by atoms with Crippen LogP contribution in [-0.4, -0.2) is 48.6 Å². The molecule has 1 aromatic rings. The van der Waals surface area contributed by atoms with Crippen LogP contribution < -0.4 is 5.73 Å². The quantitative estimate of drug-likeness (QED) is 0.915. The van der Waals surface area contributed by atoms with Crippen molar-refractivity contribution >= 4 is 0 Å². The third-order valence-corrected chi connectivity index (χ3v) is 4.70. The van der Waals surface area contributed by atoms with Gasteiger partial charge in [-0.25, -0.2) is 0 Å². The highest BCUT2D eigenvalue weighted by atomic mass is 15.3. The fourth-order valence-corrected chi connectivity index (χ4v) is 3.22. The zero-order valence-electron chi connectivity index (χ0n) is 13.3. The molecule has 0 aliphatic carbocycles. The van der Waals surface area contributed by atoms with Crippen LogP contribution in [0.3, 0.4) is 0 Å². The lowest BCUT2D eigenvalue weighted by atomic mass is 9.97. The lowest BCUT2D eigenvalue weighted by molar-refractivity contribution is 0.0575. The van der Waals surface area contributed by atoms with Gasteiger partial charge in [0.05, 0.1) is 0 Å². The molecule has 1 heterocycles. The number of hydrogen-bond acceptors (Lipinski definition) is 3. The van der Waals surface area contributed by atoms with E-state index < -0.39 is 0 Å². The van der Waals surface area contributed by atoms with Crippen LogP contribution in [0.15, 0.2) is 24.3 Å². The molecule has 2 rings (SSSR count). The van der Waals surface area contributed by atoms with Crippen LogP contribution in [0.5, 0.6) is 0 Å². The molecule has 1 saturated heterocycles. The number of piperazine rings is 1. The van der Waals surface area contributed by atoms with E-state index in [1.807, 2.05) is 0 Å². The van der Waals surface area contributed by atoms with E-state index in [0.29, 0.717) is 12.1 Å². The Hall–Kier alpha value is -0.900. The predicted octanol–water partition coefficient (Wildman–Crippen LogP) is 2.27. The Labute approximate surface area is 123 Å². The van der Waals surface area contributed by atoms with Gasteiger partial charge in [0.1, 0.15) is 0 Å². The summed E-state index contributed by atoms with van der Waals surface area (Å²) in [5, 5.41) is 0. The number of nitrogens with zero attached hydrogens (tertiary/aromatic N) is 2. The van der Waals surface area contributed by atoms with Gasteiger partial charge in [-0.2, -0.15) is 0 Å². The fourth-order valence-electron chi connectivity index (χ4n) is 3.22. The van der Waals surface area contributed by atoms with Crippen molar-refractivity contribution in [1.29, 1.82) is 0 Å². The second kappa shape index (κ2) is 6.70. The van der Waals surface area contributed by atoms with E-state index in [4.69, 9.17) is 5.73 Å². The van der Waals surface area contributed by atoms with Crippen molar-refractivity contribution in [3.63, 3.8) is 0 Å². The Morgan fingerprint density at radius 1 is 1.25 bits per heavy atom. The SMILES string of the molecule is CCc1ccc(C(N)C(C)N2CCN(C)CC2C)cc1. The fraction of sp³-hybridized carbons (Fsp3) is 0.647. The van der Waals surface area contributed by atoms with Crippen molar-refractivity contribution in [1.82, 2.24) is 9.80 Å². The van der Waals surface area contributed by atoms with Gasteiger partial charge in [0.25, 0.3) is 0 Å². The summed E-state index contributed by atoms with van der Waals surface area (Å²) in [4.78, 5) is 4.95. The first-order chi connectivity index (χ1) is 9.52. The Morgan fingerprint density at radius 2 is 1.90 bits per heavy atom. The van der Waals surface area contributed by atoms with Crippen LogP contribution in [0.1, 0.15) is 37.9 Å². The summed E-state index contributed by atoms with van der Waals surface area (Å²) in [6.07, 6.45) is 1.08. The first kappa shape index (κ1) is 15.5. The Balaban J connectivity index is 2.05. The Kier molecular flexibility index (Phi) is 5.19. The lowest BCUT2D eigenvalue weighted by Gasteiger charge is -2.43. The number of benzene rings is 1. The van der Waals surface area contributed by atoms with Gasteiger partial charge in [-0.1, -0.05) is 31.2 Å². The minimum Gasteiger partial charge on any atom is -0.323 e. The molecule has 112 valence electrons. The molecular weight excluding hydrogens is 246 g/mol. The van der Waals surface area contributed by atoms with Crippen LogP contribution in [0.4, 0.5) is 0 Å². The van der Waals surface area contributed by atoms with E-state index in [0.717, 1.165) is 26.1 Å². The smallest absolute Gasteiger partial charge is 0.0450 e. The zero-order chi connectivity index (χ0) is 14.7. The topological polar surface area (TPSA) is 32.5 Å². The second-order valence-corrected chi connectivity index (χ2v) is 6.21. The number of nitrogens with two attached hydrogens (primary N) is 1. The molecule has 0 bridgehead atoms. The predicted molar refractivity (Wildman–Crippen MR) is 85.9 cm³/mol. The van der Waals surface area contributed by atoms with E-state index in [2.05, 4.69) is 61.9 Å². The second-order valence-electron chi connectivity index (χ2n) is 6.21. The molecule has 2 N–H and O–H groups in total. The van der Waals surface area contributed by atoms with Crippen LogP contribution in [-0.2, 0) is 6.42 Å². The molecule has 1 aromatic carbocycles.